The lowest BCUT2D eigenvalue weighted by atomic mass is 10.0. The molecule has 2 aromatic rings. The van der Waals surface area contributed by atoms with Gasteiger partial charge in [0.25, 0.3) is 0 Å². The summed E-state index contributed by atoms with van der Waals surface area (Å²) < 4.78 is 11.2. The summed E-state index contributed by atoms with van der Waals surface area (Å²) in [5, 5.41) is 9.51. The zero-order valence-electron chi connectivity index (χ0n) is 14.6. The first-order chi connectivity index (χ1) is 11.4. The number of carboxylic acids is 1. The molecule has 128 valence electrons. The van der Waals surface area contributed by atoms with Gasteiger partial charge in [-0.25, -0.2) is 4.79 Å². The summed E-state index contributed by atoms with van der Waals surface area (Å²) in [5.41, 5.74) is 4.01. The molecular weight excluding hydrogens is 304 g/mol. The van der Waals surface area contributed by atoms with Gasteiger partial charge in [0.05, 0.1) is 6.61 Å². The van der Waals surface area contributed by atoms with E-state index in [0.29, 0.717) is 18.8 Å². The van der Waals surface area contributed by atoms with Crippen molar-refractivity contribution in [2.75, 3.05) is 6.61 Å². The minimum atomic E-state index is -0.970. The van der Waals surface area contributed by atoms with Crippen LogP contribution in [0.15, 0.2) is 36.4 Å². The Morgan fingerprint density at radius 2 is 1.79 bits per heavy atom. The number of rotatable bonds is 7. The van der Waals surface area contributed by atoms with Crippen molar-refractivity contribution < 1.29 is 19.4 Å². The van der Waals surface area contributed by atoms with Gasteiger partial charge in [-0.1, -0.05) is 18.2 Å². The van der Waals surface area contributed by atoms with Gasteiger partial charge < -0.3 is 14.6 Å². The molecule has 0 heterocycles. The molecule has 4 heteroatoms. The molecule has 0 aliphatic carbocycles. The maximum absolute atomic E-state index is 11.6. The van der Waals surface area contributed by atoms with Crippen LogP contribution in [0.2, 0.25) is 0 Å². The molecule has 0 bridgehead atoms. The third-order valence-electron chi connectivity index (χ3n) is 3.96. The van der Waals surface area contributed by atoms with Crippen molar-refractivity contribution in [3.05, 3.63) is 58.7 Å². The Morgan fingerprint density at radius 1 is 1.12 bits per heavy atom. The monoisotopic (exact) mass is 328 g/mol. The fraction of sp³-hybridized carbons (Fsp3) is 0.350. The van der Waals surface area contributed by atoms with Gasteiger partial charge in [-0.15, -0.1) is 0 Å². The second-order valence-corrected chi connectivity index (χ2v) is 5.93. The van der Waals surface area contributed by atoms with Crippen molar-refractivity contribution in [2.45, 2.75) is 40.2 Å². The highest BCUT2D eigenvalue weighted by Gasteiger charge is 2.21. The lowest BCUT2D eigenvalue weighted by Crippen LogP contribution is -2.29. The van der Waals surface area contributed by atoms with Gasteiger partial charge in [-0.3, -0.25) is 0 Å². The Bertz CT molecular complexity index is 704. The third kappa shape index (κ3) is 4.51. The molecule has 0 aromatic heterocycles. The first-order valence-corrected chi connectivity index (χ1v) is 8.09. The highest BCUT2D eigenvalue weighted by molar-refractivity contribution is 5.73. The summed E-state index contributed by atoms with van der Waals surface area (Å²) >= 11 is 0. The topological polar surface area (TPSA) is 55.8 Å². The van der Waals surface area contributed by atoms with Crippen molar-refractivity contribution in [3.8, 4) is 11.5 Å². The number of aryl methyl sites for hydroxylation is 2. The Balaban J connectivity index is 2.17. The van der Waals surface area contributed by atoms with Crippen LogP contribution in [0.5, 0.6) is 11.5 Å². The number of benzene rings is 2. The van der Waals surface area contributed by atoms with Gasteiger partial charge in [0, 0.05) is 6.42 Å². The van der Waals surface area contributed by atoms with E-state index in [-0.39, 0.29) is 0 Å². The number of hydrogen-bond acceptors (Lipinski definition) is 3. The molecule has 0 saturated carbocycles. The zero-order valence-corrected chi connectivity index (χ0v) is 14.6. The summed E-state index contributed by atoms with van der Waals surface area (Å²) in [4.78, 5) is 11.6. The lowest BCUT2D eigenvalue weighted by molar-refractivity contribution is -0.145. The van der Waals surface area contributed by atoms with Crippen LogP contribution in [0.4, 0.5) is 0 Å². The SMILES string of the molecule is CCOc1ccc(C[C@H](Oc2cc(C)cc(C)c2C)C(=O)O)cc1. The molecule has 24 heavy (non-hydrogen) atoms. The quantitative estimate of drug-likeness (QED) is 0.832. The standard InChI is InChI=1S/C20H24O4/c1-5-23-17-8-6-16(7-9-17)12-19(20(21)22)24-18-11-13(2)10-14(3)15(18)4/h6-11,19H,5,12H2,1-4H3,(H,21,22)/t19-/m0/s1. The van der Waals surface area contributed by atoms with Crippen LogP contribution in [0.3, 0.4) is 0 Å². The van der Waals surface area contributed by atoms with E-state index in [1.807, 2.05) is 58.0 Å². The summed E-state index contributed by atoms with van der Waals surface area (Å²) in [6.45, 7) is 8.44. The maximum atomic E-state index is 11.6. The van der Waals surface area contributed by atoms with Gasteiger partial charge in [-0.2, -0.15) is 0 Å². The molecule has 2 rings (SSSR count). The smallest absolute Gasteiger partial charge is 0.345 e. The third-order valence-corrected chi connectivity index (χ3v) is 3.96. The van der Waals surface area contributed by atoms with Crippen LogP contribution in [0, 0.1) is 20.8 Å². The molecule has 0 saturated heterocycles. The molecule has 0 radical (unpaired) electrons. The molecule has 2 aromatic carbocycles. The highest BCUT2D eigenvalue weighted by atomic mass is 16.5. The Kier molecular flexibility index (Phi) is 5.85. The van der Waals surface area contributed by atoms with Crippen molar-refractivity contribution in [3.63, 3.8) is 0 Å². The van der Waals surface area contributed by atoms with Gasteiger partial charge in [0.15, 0.2) is 6.10 Å². The largest absolute Gasteiger partial charge is 0.494 e. The van der Waals surface area contributed by atoms with E-state index in [2.05, 4.69) is 6.07 Å². The van der Waals surface area contributed by atoms with Crippen molar-refractivity contribution in [1.29, 1.82) is 0 Å². The first kappa shape index (κ1) is 17.9. The molecule has 0 spiro atoms. The molecule has 1 atom stereocenters. The highest BCUT2D eigenvalue weighted by Crippen LogP contribution is 2.25. The van der Waals surface area contributed by atoms with Crippen molar-refractivity contribution in [1.82, 2.24) is 0 Å². The normalized spacial score (nSPS) is 11.8. The predicted octanol–water partition coefficient (Wildman–Crippen LogP) is 4.09. The number of carboxylic acid groups (broad SMARTS) is 1. The van der Waals surface area contributed by atoms with Crippen LogP contribution in [-0.2, 0) is 11.2 Å². The number of hydrogen-bond donors (Lipinski definition) is 1. The van der Waals surface area contributed by atoms with Gasteiger partial charge in [-0.05, 0) is 68.1 Å². The molecule has 0 amide bonds. The molecule has 0 aliphatic rings. The average molecular weight is 328 g/mol. The maximum Gasteiger partial charge on any atom is 0.345 e. The second kappa shape index (κ2) is 7.86. The summed E-state index contributed by atoms with van der Waals surface area (Å²) in [6, 6.07) is 11.4. The van der Waals surface area contributed by atoms with Crippen LogP contribution in [0.25, 0.3) is 0 Å². The van der Waals surface area contributed by atoms with Gasteiger partial charge in [0.2, 0.25) is 0 Å². The summed E-state index contributed by atoms with van der Waals surface area (Å²) in [6.07, 6.45) is -0.628. The van der Waals surface area contributed by atoms with E-state index >= 15 is 0 Å². The molecule has 1 N–H and O–H groups in total. The van der Waals surface area contributed by atoms with Crippen LogP contribution in [-0.4, -0.2) is 23.8 Å². The number of aliphatic carboxylic acids is 1. The van der Waals surface area contributed by atoms with Gasteiger partial charge >= 0.3 is 5.97 Å². The molecule has 4 nitrogen and oxygen atoms in total. The molecule has 0 fully saturated rings. The molecule has 0 aliphatic heterocycles. The van der Waals surface area contributed by atoms with Crippen LogP contribution < -0.4 is 9.47 Å². The van der Waals surface area contributed by atoms with Crippen LogP contribution in [0.1, 0.15) is 29.2 Å². The Morgan fingerprint density at radius 3 is 2.38 bits per heavy atom. The molecular formula is C20H24O4. The number of carbonyl (C=O) groups is 1. The Hall–Kier alpha value is -2.49. The van der Waals surface area contributed by atoms with E-state index in [4.69, 9.17) is 9.47 Å². The second-order valence-electron chi connectivity index (χ2n) is 5.93. The predicted molar refractivity (Wildman–Crippen MR) is 94.0 cm³/mol. The Labute approximate surface area is 143 Å². The van der Waals surface area contributed by atoms with Gasteiger partial charge in [0.1, 0.15) is 11.5 Å². The zero-order chi connectivity index (χ0) is 17.7. The molecule has 0 unspecified atom stereocenters. The fourth-order valence-corrected chi connectivity index (χ4v) is 2.56. The minimum absolute atomic E-state index is 0.300. The van der Waals surface area contributed by atoms with Crippen molar-refractivity contribution >= 4 is 5.97 Å². The first-order valence-electron chi connectivity index (χ1n) is 8.09. The van der Waals surface area contributed by atoms with E-state index in [1.165, 1.54) is 0 Å². The summed E-state index contributed by atoms with van der Waals surface area (Å²) in [5.74, 6) is 0.437. The van der Waals surface area contributed by atoms with Crippen LogP contribution >= 0.6 is 0 Å². The lowest BCUT2D eigenvalue weighted by Gasteiger charge is -2.18. The van der Waals surface area contributed by atoms with E-state index in [9.17, 15) is 9.90 Å². The van der Waals surface area contributed by atoms with Crippen molar-refractivity contribution in [2.24, 2.45) is 0 Å². The van der Waals surface area contributed by atoms with E-state index < -0.39 is 12.1 Å². The fourth-order valence-electron chi connectivity index (χ4n) is 2.56. The van der Waals surface area contributed by atoms with E-state index in [1.54, 1.807) is 0 Å². The summed E-state index contributed by atoms with van der Waals surface area (Å²) in [7, 11) is 0. The number of ether oxygens (including phenoxy) is 2. The minimum Gasteiger partial charge on any atom is -0.494 e. The average Bonchev–Trinajstić information content (AvgIpc) is 2.53. The van der Waals surface area contributed by atoms with E-state index in [0.717, 1.165) is 28.0 Å².